The van der Waals surface area contributed by atoms with E-state index in [2.05, 4.69) is 0 Å². The molecule has 1 aliphatic rings. The van der Waals surface area contributed by atoms with E-state index in [1.54, 1.807) is 36.4 Å². The Morgan fingerprint density at radius 2 is 1.94 bits per heavy atom. The Morgan fingerprint density at radius 1 is 1.16 bits per heavy atom. The molecule has 3 rings (SSSR count). The molecule has 1 saturated heterocycles. The third kappa shape index (κ3) is 5.92. The third-order valence-electron chi connectivity index (χ3n) is 4.10. The number of carboxylic acids is 1. The van der Waals surface area contributed by atoms with Gasteiger partial charge in [0, 0.05) is 0 Å². The van der Waals surface area contributed by atoms with Gasteiger partial charge in [0.2, 0.25) is 0 Å². The molecule has 6 nitrogen and oxygen atoms in total. The lowest BCUT2D eigenvalue weighted by atomic mass is 10.1. The number of ether oxygens (including phenoxy) is 2. The Morgan fingerprint density at radius 3 is 2.61 bits per heavy atom. The quantitative estimate of drug-likeness (QED) is 0.404. The van der Waals surface area contributed by atoms with Crippen molar-refractivity contribution in [1.82, 2.24) is 4.90 Å². The van der Waals surface area contributed by atoms with Crippen LogP contribution in [0.1, 0.15) is 18.1 Å². The van der Waals surface area contributed by atoms with Crippen molar-refractivity contribution in [3.8, 4) is 11.5 Å². The van der Waals surface area contributed by atoms with Gasteiger partial charge in [-0.15, -0.1) is 0 Å². The van der Waals surface area contributed by atoms with Gasteiger partial charge in [0.1, 0.15) is 10.9 Å². The molecule has 0 aromatic heterocycles. The maximum Gasteiger partial charge on any atom is 0.266 e. The molecule has 0 bridgehead atoms. The molecule has 31 heavy (non-hydrogen) atoms. The Hall–Kier alpha value is -2.26. The van der Waals surface area contributed by atoms with Gasteiger partial charge < -0.3 is 19.4 Å². The average molecular weight is 497 g/mol. The second-order valence-electron chi connectivity index (χ2n) is 6.32. The lowest BCUT2D eigenvalue weighted by Gasteiger charge is -2.14. The van der Waals surface area contributed by atoms with Gasteiger partial charge in [-0.25, -0.2) is 0 Å². The smallest absolute Gasteiger partial charge is 0.266 e. The highest BCUT2D eigenvalue weighted by Crippen LogP contribution is 2.35. The summed E-state index contributed by atoms with van der Waals surface area (Å²) in [5.41, 5.74) is 1.52. The van der Waals surface area contributed by atoms with E-state index in [9.17, 15) is 14.7 Å². The lowest BCUT2D eigenvalue weighted by molar-refractivity contribution is -0.305. The van der Waals surface area contributed by atoms with Crippen LogP contribution in [0.25, 0.3) is 6.08 Å². The number of thioether (sulfide) groups is 1. The first-order valence-corrected chi connectivity index (χ1v) is 11.1. The first-order valence-electron chi connectivity index (χ1n) is 9.07. The van der Waals surface area contributed by atoms with E-state index < -0.39 is 18.4 Å². The van der Waals surface area contributed by atoms with Crippen LogP contribution >= 0.6 is 47.2 Å². The summed E-state index contributed by atoms with van der Waals surface area (Å²) in [5, 5.41) is 11.7. The van der Waals surface area contributed by atoms with E-state index in [0.29, 0.717) is 38.6 Å². The molecule has 1 heterocycles. The van der Waals surface area contributed by atoms with E-state index >= 15 is 0 Å². The van der Waals surface area contributed by atoms with Gasteiger partial charge in [0.25, 0.3) is 5.91 Å². The average Bonchev–Trinajstić information content (AvgIpc) is 2.97. The zero-order valence-corrected chi connectivity index (χ0v) is 19.4. The molecule has 0 aliphatic carbocycles. The minimum Gasteiger partial charge on any atom is -0.548 e. The van der Waals surface area contributed by atoms with Crippen molar-refractivity contribution in [1.29, 1.82) is 0 Å². The maximum absolute atomic E-state index is 12.4. The van der Waals surface area contributed by atoms with Crippen LogP contribution in [0.5, 0.6) is 11.5 Å². The van der Waals surface area contributed by atoms with Gasteiger partial charge in [0.05, 0.1) is 34.1 Å². The van der Waals surface area contributed by atoms with Gasteiger partial charge in [-0.3, -0.25) is 9.69 Å². The van der Waals surface area contributed by atoms with Crippen molar-refractivity contribution < 1.29 is 24.2 Å². The maximum atomic E-state index is 12.4. The molecule has 0 saturated carbocycles. The largest absolute Gasteiger partial charge is 0.548 e. The first-order chi connectivity index (χ1) is 14.8. The number of benzene rings is 2. The van der Waals surface area contributed by atoms with Crippen molar-refractivity contribution in [2.45, 2.75) is 13.5 Å². The zero-order chi connectivity index (χ0) is 22.5. The summed E-state index contributed by atoms with van der Waals surface area (Å²) >= 11 is 18.1. The van der Waals surface area contributed by atoms with Crippen molar-refractivity contribution in [2.75, 3.05) is 13.2 Å². The molecule has 10 heteroatoms. The molecule has 0 spiro atoms. The normalized spacial score (nSPS) is 14.9. The van der Waals surface area contributed by atoms with Gasteiger partial charge in [-0.2, -0.15) is 0 Å². The van der Waals surface area contributed by atoms with E-state index in [4.69, 9.17) is 44.9 Å². The van der Waals surface area contributed by atoms with Crippen molar-refractivity contribution in [3.05, 3.63) is 62.5 Å². The molecule has 0 unspecified atom stereocenters. The second-order valence-corrected chi connectivity index (χ2v) is 8.81. The summed E-state index contributed by atoms with van der Waals surface area (Å²) in [5.74, 6) is -0.826. The van der Waals surface area contributed by atoms with Crippen molar-refractivity contribution >= 4 is 69.5 Å². The number of hydrogen-bond acceptors (Lipinski definition) is 7. The van der Waals surface area contributed by atoms with Crippen molar-refractivity contribution in [3.63, 3.8) is 0 Å². The van der Waals surface area contributed by atoms with Crippen molar-refractivity contribution in [2.24, 2.45) is 0 Å². The Balaban J connectivity index is 1.79. The molecule has 162 valence electrons. The number of carbonyl (C=O) groups is 2. The van der Waals surface area contributed by atoms with E-state index in [1.807, 2.05) is 13.0 Å². The van der Waals surface area contributed by atoms with E-state index in [1.165, 1.54) is 0 Å². The molecular weight excluding hydrogens is 481 g/mol. The second kappa shape index (κ2) is 10.4. The van der Waals surface area contributed by atoms with Gasteiger partial charge >= 0.3 is 0 Å². The molecule has 1 fully saturated rings. The summed E-state index contributed by atoms with van der Waals surface area (Å²) in [6, 6.07) is 10.5. The number of halogens is 2. The SMILES string of the molecule is CCOc1cc(/C=C2/SC(=S)N(CC(=O)[O-])C2=O)ccc1OCc1ccc(Cl)c(Cl)c1. The van der Waals surface area contributed by atoms with Gasteiger partial charge in [-0.1, -0.05) is 59.3 Å². The summed E-state index contributed by atoms with van der Waals surface area (Å²) in [7, 11) is 0. The molecule has 0 radical (unpaired) electrons. The molecule has 2 aromatic carbocycles. The van der Waals surface area contributed by atoms with Crippen LogP contribution in [0.15, 0.2) is 41.3 Å². The van der Waals surface area contributed by atoms with Crippen LogP contribution in [0.4, 0.5) is 0 Å². The first kappa shape index (κ1) is 23.4. The standard InChI is InChI=1S/C21H17Cl2NO5S2/c1-2-28-17-8-12(9-18-20(27)24(10-19(25)26)21(30)31-18)4-6-16(17)29-11-13-3-5-14(22)15(23)7-13/h3-9H,2,10-11H2,1H3,(H,25,26)/p-1/b18-9+. The predicted molar refractivity (Wildman–Crippen MR) is 123 cm³/mol. The van der Waals surface area contributed by atoms with Crippen LogP contribution in [-0.4, -0.2) is 34.2 Å². The van der Waals surface area contributed by atoms with Crippen LogP contribution in [0.3, 0.4) is 0 Å². The van der Waals surface area contributed by atoms with Crippen LogP contribution in [-0.2, 0) is 16.2 Å². The van der Waals surface area contributed by atoms with Crippen LogP contribution in [0, 0.1) is 0 Å². The molecule has 1 amide bonds. The molecule has 2 aromatic rings. The Bertz CT molecular complexity index is 1070. The Labute approximate surface area is 198 Å². The fourth-order valence-electron chi connectivity index (χ4n) is 2.71. The summed E-state index contributed by atoms with van der Waals surface area (Å²) in [4.78, 5) is 24.6. The number of aliphatic carboxylic acids is 1. The fraction of sp³-hybridized carbons (Fsp3) is 0.190. The highest BCUT2D eigenvalue weighted by atomic mass is 35.5. The van der Waals surface area contributed by atoms with Gasteiger partial charge in [-0.05, 0) is 48.4 Å². The molecule has 0 atom stereocenters. The van der Waals surface area contributed by atoms with Crippen LogP contribution in [0.2, 0.25) is 10.0 Å². The summed E-state index contributed by atoms with van der Waals surface area (Å²) < 4.78 is 11.7. The topological polar surface area (TPSA) is 78.9 Å². The number of carbonyl (C=O) groups excluding carboxylic acids is 2. The predicted octanol–water partition coefficient (Wildman–Crippen LogP) is 3.92. The fourth-order valence-corrected chi connectivity index (χ4v) is 4.29. The molecule has 0 N–H and O–H groups in total. The minimum atomic E-state index is -1.38. The zero-order valence-electron chi connectivity index (χ0n) is 16.2. The molecule has 1 aliphatic heterocycles. The number of nitrogens with zero attached hydrogens (tertiary/aromatic N) is 1. The Kier molecular flexibility index (Phi) is 7.83. The van der Waals surface area contributed by atoms with E-state index in [0.717, 1.165) is 22.2 Å². The van der Waals surface area contributed by atoms with E-state index in [-0.39, 0.29) is 10.9 Å². The summed E-state index contributed by atoms with van der Waals surface area (Å²) in [6.45, 7) is 1.95. The molecular formula is C21H16Cl2NO5S2-. The van der Waals surface area contributed by atoms with Gasteiger partial charge in [0.15, 0.2) is 11.5 Å². The number of rotatable bonds is 8. The number of thiocarbonyl (C=S) groups is 1. The minimum absolute atomic E-state index is 0.173. The van der Waals surface area contributed by atoms with Crippen LogP contribution < -0.4 is 14.6 Å². The third-order valence-corrected chi connectivity index (χ3v) is 6.22. The highest BCUT2D eigenvalue weighted by molar-refractivity contribution is 8.26. The monoisotopic (exact) mass is 496 g/mol. The number of amides is 1. The summed E-state index contributed by atoms with van der Waals surface area (Å²) in [6.07, 6.45) is 1.62. The number of carboxylic acid groups (broad SMARTS) is 1. The number of hydrogen-bond donors (Lipinski definition) is 0. The highest BCUT2D eigenvalue weighted by Gasteiger charge is 2.31. The lowest BCUT2D eigenvalue weighted by Crippen LogP contribution is -2.40.